The van der Waals surface area contributed by atoms with Crippen molar-refractivity contribution in [2.75, 3.05) is 0 Å². The fraction of sp³-hybridized carbons (Fsp3) is 0.286. The van der Waals surface area contributed by atoms with Crippen LogP contribution in [0.3, 0.4) is 0 Å². The molecule has 2 atom stereocenters. The second kappa shape index (κ2) is 4.51. The Hall–Kier alpha value is -2.14. The number of hydrogen-bond acceptors (Lipinski definition) is 3. The van der Waals surface area contributed by atoms with Crippen molar-refractivity contribution in [1.82, 2.24) is 15.1 Å². The van der Waals surface area contributed by atoms with E-state index in [2.05, 4.69) is 10.4 Å². The number of benzene rings is 1. The third-order valence-corrected chi connectivity index (χ3v) is 3.44. The third kappa shape index (κ3) is 2.13. The van der Waals surface area contributed by atoms with Gasteiger partial charge in [-0.2, -0.15) is 5.10 Å². The minimum Gasteiger partial charge on any atom is -0.390 e. The summed E-state index contributed by atoms with van der Waals surface area (Å²) in [5.41, 5.74) is 2.43. The molecule has 1 aliphatic carbocycles. The molecule has 98 valence electrons. The number of nitrogens with zero attached hydrogens (tertiary/aromatic N) is 2. The number of fused-ring (bicyclic) bond motifs is 1. The van der Waals surface area contributed by atoms with Gasteiger partial charge in [0.25, 0.3) is 5.91 Å². The lowest BCUT2D eigenvalue weighted by atomic mass is 10.1. The first-order chi connectivity index (χ1) is 9.15. The molecule has 0 saturated carbocycles. The summed E-state index contributed by atoms with van der Waals surface area (Å²) in [5, 5.41) is 17.0. The second-order valence-electron chi connectivity index (χ2n) is 4.80. The molecule has 5 nitrogen and oxygen atoms in total. The molecule has 0 fully saturated rings. The normalized spacial score (nSPS) is 21.2. The molecule has 0 unspecified atom stereocenters. The predicted molar refractivity (Wildman–Crippen MR) is 69.6 cm³/mol. The summed E-state index contributed by atoms with van der Waals surface area (Å²) in [6.45, 7) is 0. The summed E-state index contributed by atoms with van der Waals surface area (Å²) in [6, 6.07) is 9.07. The third-order valence-electron chi connectivity index (χ3n) is 3.44. The lowest BCUT2D eigenvalue weighted by Gasteiger charge is -2.17. The summed E-state index contributed by atoms with van der Waals surface area (Å²) < 4.78 is 1.58. The Labute approximate surface area is 110 Å². The molecule has 19 heavy (non-hydrogen) atoms. The van der Waals surface area contributed by atoms with Crippen LogP contribution in [0.25, 0.3) is 0 Å². The van der Waals surface area contributed by atoms with Gasteiger partial charge in [-0.25, -0.2) is 0 Å². The van der Waals surface area contributed by atoms with E-state index in [9.17, 15) is 9.90 Å². The maximum Gasteiger partial charge on any atom is 0.272 e. The van der Waals surface area contributed by atoms with Crippen molar-refractivity contribution in [1.29, 1.82) is 0 Å². The van der Waals surface area contributed by atoms with Gasteiger partial charge in [0.2, 0.25) is 0 Å². The fourth-order valence-electron chi connectivity index (χ4n) is 2.50. The SMILES string of the molecule is Cn1ccc(C(=O)N[C@@H]2c3ccccc3C[C@H]2O)n1. The smallest absolute Gasteiger partial charge is 0.272 e. The maximum atomic E-state index is 12.1. The van der Waals surface area contributed by atoms with Crippen molar-refractivity contribution in [2.45, 2.75) is 18.6 Å². The lowest BCUT2D eigenvalue weighted by Crippen LogP contribution is -2.34. The molecule has 2 N–H and O–H groups in total. The van der Waals surface area contributed by atoms with Crippen molar-refractivity contribution >= 4 is 5.91 Å². The molecule has 1 aromatic heterocycles. The van der Waals surface area contributed by atoms with Gasteiger partial charge in [0.15, 0.2) is 0 Å². The zero-order valence-electron chi connectivity index (χ0n) is 10.6. The molecule has 0 spiro atoms. The first-order valence-electron chi connectivity index (χ1n) is 6.21. The van der Waals surface area contributed by atoms with Crippen LogP contribution in [0.2, 0.25) is 0 Å². The van der Waals surface area contributed by atoms with E-state index in [4.69, 9.17) is 0 Å². The van der Waals surface area contributed by atoms with E-state index in [0.29, 0.717) is 12.1 Å². The molecular weight excluding hydrogens is 242 g/mol. The minimum atomic E-state index is -0.579. The molecule has 5 heteroatoms. The standard InChI is InChI=1S/C14H15N3O2/c1-17-7-6-11(16-17)14(19)15-13-10-5-3-2-4-9(10)8-12(13)18/h2-7,12-13,18H,8H2,1H3,(H,15,19)/t12-,13-/m1/s1. The zero-order valence-corrected chi connectivity index (χ0v) is 10.6. The summed E-state index contributed by atoms with van der Waals surface area (Å²) in [4.78, 5) is 12.1. The van der Waals surface area contributed by atoms with Crippen LogP contribution in [0.1, 0.15) is 27.7 Å². The highest BCUT2D eigenvalue weighted by Crippen LogP contribution is 2.31. The summed E-state index contributed by atoms with van der Waals surface area (Å²) >= 11 is 0. The first kappa shape index (κ1) is 11.9. The highest BCUT2D eigenvalue weighted by Gasteiger charge is 2.32. The van der Waals surface area contributed by atoms with Crippen LogP contribution >= 0.6 is 0 Å². The Morgan fingerprint density at radius 2 is 2.21 bits per heavy atom. The number of aryl methyl sites for hydroxylation is 1. The van der Waals surface area contributed by atoms with E-state index >= 15 is 0 Å². The van der Waals surface area contributed by atoms with Gasteiger partial charge >= 0.3 is 0 Å². The molecule has 0 aliphatic heterocycles. The van der Waals surface area contributed by atoms with Gasteiger partial charge in [0.1, 0.15) is 5.69 Å². The summed E-state index contributed by atoms with van der Waals surface area (Å²) in [6.07, 6.45) is 1.71. The van der Waals surface area contributed by atoms with Crippen LogP contribution in [0.15, 0.2) is 36.5 Å². The molecule has 0 radical (unpaired) electrons. The Kier molecular flexibility index (Phi) is 2.83. The number of carbonyl (C=O) groups is 1. The lowest BCUT2D eigenvalue weighted by molar-refractivity contribution is 0.0852. The minimum absolute atomic E-state index is 0.263. The zero-order chi connectivity index (χ0) is 13.4. The maximum absolute atomic E-state index is 12.1. The van der Waals surface area contributed by atoms with Gasteiger partial charge in [-0.05, 0) is 17.2 Å². The first-order valence-corrected chi connectivity index (χ1v) is 6.21. The van der Waals surface area contributed by atoms with Crippen molar-refractivity contribution in [2.24, 2.45) is 7.05 Å². The molecule has 2 aromatic rings. The molecular formula is C14H15N3O2. The van der Waals surface area contributed by atoms with E-state index < -0.39 is 6.10 Å². The van der Waals surface area contributed by atoms with Crippen LogP contribution in [0.5, 0.6) is 0 Å². The van der Waals surface area contributed by atoms with Crippen LogP contribution in [-0.4, -0.2) is 26.9 Å². The van der Waals surface area contributed by atoms with Gasteiger partial charge in [-0.15, -0.1) is 0 Å². The number of hydrogen-bond donors (Lipinski definition) is 2. The molecule has 3 rings (SSSR count). The topological polar surface area (TPSA) is 67.2 Å². The van der Waals surface area contributed by atoms with Crippen molar-refractivity contribution in [3.8, 4) is 0 Å². The Balaban J connectivity index is 1.82. The Bertz CT molecular complexity index is 621. The largest absolute Gasteiger partial charge is 0.390 e. The highest BCUT2D eigenvalue weighted by atomic mass is 16.3. The van der Waals surface area contributed by atoms with E-state index in [1.54, 1.807) is 24.0 Å². The highest BCUT2D eigenvalue weighted by molar-refractivity contribution is 5.92. The molecule has 1 aliphatic rings. The van der Waals surface area contributed by atoms with Crippen molar-refractivity contribution < 1.29 is 9.90 Å². The number of rotatable bonds is 2. The number of aliphatic hydroxyl groups is 1. The average Bonchev–Trinajstić information content (AvgIpc) is 2.95. The number of nitrogens with one attached hydrogen (secondary N) is 1. The van der Waals surface area contributed by atoms with Crippen LogP contribution < -0.4 is 5.32 Å². The number of aliphatic hydroxyl groups excluding tert-OH is 1. The quantitative estimate of drug-likeness (QED) is 0.836. The molecule has 1 heterocycles. The molecule has 0 saturated heterocycles. The van der Waals surface area contributed by atoms with Crippen LogP contribution in [-0.2, 0) is 13.5 Å². The monoisotopic (exact) mass is 257 g/mol. The number of aromatic nitrogens is 2. The van der Waals surface area contributed by atoms with E-state index in [0.717, 1.165) is 11.1 Å². The van der Waals surface area contributed by atoms with E-state index in [1.165, 1.54) is 0 Å². The van der Waals surface area contributed by atoms with Gasteiger partial charge in [0.05, 0.1) is 12.1 Å². The van der Waals surface area contributed by atoms with Gasteiger partial charge in [-0.3, -0.25) is 9.48 Å². The predicted octanol–water partition coefficient (Wildman–Crippen LogP) is 0.808. The summed E-state index contributed by atoms with van der Waals surface area (Å²) in [5.74, 6) is -0.263. The van der Waals surface area contributed by atoms with Gasteiger partial charge in [-0.1, -0.05) is 24.3 Å². The van der Waals surface area contributed by atoms with Gasteiger partial charge < -0.3 is 10.4 Å². The van der Waals surface area contributed by atoms with Crippen molar-refractivity contribution in [3.63, 3.8) is 0 Å². The average molecular weight is 257 g/mol. The van der Waals surface area contributed by atoms with Crippen LogP contribution in [0.4, 0.5) is 0 Å². The second-order valence-corrected chi connectivity index (χ2v) is 4.80. The Morgan fingerprint density at radius 1 is 1.42 bits per heavy atom. The molecule has 1 aromatic carbocycles. The van der Waals surface area contributed by atoms with E-state index in [1.807, 2.05) is 24.3 Å². The summed E-state index contributed by atoms with van der Waals surface area (Å²) in [7, 11) is 1.76. The number of carbonyl (C=O) groups excluding carboxylic acids is 1. The van der Waals surface area contributed by atoms with Crippen molar-refractivity contribution in [3.05, 3.63) is 53.3 Å². The van der Waals surface area contributed by atoms with Gasteiger partial charge in [0, 0.05) is 19.7 Å². The van der Waals surface area contributed by atoms with Crippen LogP contribution in [0, 0.1) is 0 Å². The molecule has 0 bridgehead atoms. The Morgan fingerprint density at radius 3 is 2.95 bits per heavy atom. The number of amides is 1. The molecule has 1 amide bonds. The van der Waals surface area contributed by atoms with E-state index in [-0.39, 0.29) is 11.9 Å². The fourth-order valence-corrected chi connectivity index (χ4v) is 2.50.